The van der Waals surface area contributed by atoms with Crippen molar-refractivity contribution in [1.29, 1.82) is 0 Å². The summed E-state index contributed by atoms with van der Waals surface area (Å²) in [5.74, 6) is -0.387. The lowest BCUT2D eigenvalue weighted by atomic mass is 9.95. The van der Waals surface area contributed by atoms with Gasteiger partial charge in [-0.1, -0.05) is 0 Å². The SMILES string of the molecule is CC(=O)NCCNC[C@H]1O[C@@H]2O[C@H]3[C@H](O)[C@H](O)[C@@H](O[C@H]4[C@H](O)[C@H](O)[C@@H](O[C@H]5[C@H](O)[C@@H](O)[C@@H](O[C@H]6[C@H](O)[C@@H](O)[C@@H](O[C@H]7[C@H](O)[C@@H](O)[C@@H](O[C@H]8[C@H](O)[C@@H](O)[C@@H](O[C@H]1[C@H](O)[C@H]2O)O[C@@H]8CO)O[C@@H]7CO)O[C@@H]6CO)O[C@@H]5CO)O[C@@H]4CO)O[C@@H]3CO. The first-order valence-corrected chi connectivity index (χ1v) is 26.8. The Labute approximate surface area is 470 Å². The standard InChI is InChI=1S/C46H78N2O35/c1-11(55)48-3-2-47-4-12-33-19(56)26(63)40(70-12)78-34-13(5-49)72-42(28(65)21(34)58)80-36-15(7-51)74-44(30(67)23(36)60)82-38-17(9-53)76-46(32(69)25(38)62)83-39-18(10-54)75-45(31(68)24(39)61)81-37-16(8-52)73-43(29(66)22(37)59)79-35-14(6-50)71-41(77-33)27(64)20(35)57/h12-47,49-54,56-69H,2-10H2,1H3,(H,48,55)/t12-,13-,14-,15-,16-,17-,18-,19-,20-,21-,22-,23-,24-,25-,26-,27-,28+,29-,30+,31-,32-,33-,34-,35-,36-,37-,38-,39-,40-,41-,42-,43-,44-,45-,46-/m1/s1. The first-order chi connectivity index (χ1) is 39.5. The molecular formula is C46H78N2O35. The molecule has 1 amide bonds. The van der Waals surface area contributed by atoms with Crippen molar-refractivity contribution in [1.82, 2.24) is 10.6 Å². The van der Waals surface area contributed by atoms with E-state index in [-0.39, 0.29) is 25.5 Å². The topological polar surface area (TPSA) is 575 Å². The van der Waals surface area contributed by atoms with Gasteiger partial charge in [0.2, 0.25) is 5.91 Å². The molecule has 21 aliphatic heterocycles. The highest BCUT2D eigenvalue weighted by molar-refractivity contribution is 5.72. The molecule has 14 bridgehead atoms. The highest BCUT2D eigenvalue weighted by Gasteiger charge is 2.59. The van der Waals surface area contributed by atoms with Crippen molar-refractivity contribution in [3.63, 3.8) is 0 Å². The third kappa shape index (κ3) is 14.1. The van der Waals surface area contributed by atoms with E-state index in [1.165, 1.54) is 6.92 Å². The Kier molecular flexibility index (Phi) is 23.5. The van der Waals surface area contributed by atoms with Crippen molar-refractivity contribution in [2.45, 2.75) is 222 Å². The largest absolute Gasteiger partial charge is 0.394 e. The van der Waals surface area contributed by atoms with Gasteiger partial charge in [-0.15, -0.1) is 0 Å². The molecule has 37 nitrogen and oxygen atoms in total. The van der Waals surface area contributed by atoms with Crippen LogP contribution in [-0.4, -0.2) is 382 Å². The smallest absolute Gasteiger partial charge is 0.216 e. The zero-order valence-electron chi connectivity index (χ0n) is 44.1. The van der Waals surface area contributed by atoms with Crippen LogP contribution in [0.15, 0.2) is 0 Å². The number of aliphatic hydroxyl groups is 20. The minimum absolute atomic E-state index is 0.0433. The van der Waals surface area contributed by atoms with Crippen molar-refractivity contribution < 1.29 is 173 Å². The number of carbonyl (C=O) groups excluding carboxylic acids is 1. The van der Waals surface area contributed by atoms with Crippen LogP contribution in [0.5, 0.6) is 0 Å². The highest BCUT2D eigenvalue weighted by atomic mass is 16.8. The second-order valence-electron chi connectivity index (χ2n) is 21.2. The van der Waals surface area contributed by atoms with Gasteiger partial charge in [0, 0.05) is 26.6 Å². The molecule has 0 spiro atoms. The van der Waals surface area contributed by atoms with Crippen molar-refractivity contribution in [3.8, 4) is 0 Å². The minimum Gasteiger partial charge on any atom is -0.394 e. The van der Waals surface area contributed by atoms with Gasteiger partial charge in [-0.3, -0.25) is 4.79 Å². The van der Waals surface area contributed by atoms with Crippen LogP contribution in [0.3, 0.4) is 0 Å². The Morgan fingerprint density at radius 1 is 0.277 bits per heavy atom. The molecule has 21 saturated heterocycles. The van der Waals surface area contributed by atoms with E-state index >= 15 is 0 Å². The van der Waals surface area contributed by atoms with E-state index < -0.39 is 255 Å². The van der Waals surface area contributed by atoms with Gasteiger partial charge >= 0.3 is 0 Å². The normalized spacial score (nSPS) is 52.1. The number of amides is 1. The minimum atomic E-state index is -2.21. The molecular weight excluding hydrogens is 1140 g/mol. The molecule has 22 N–H and O–H groups in total. The fraction of sp³-hybridized carbons (Fsp3) is 0.978. The summed E-state index contributed by atoms with van der Waals surface area (Å²) in [5.41, 5.74) is 0. The Morgan fingerprint density at radius 2 is 0.458 bits per heavy atom. The van der Waals surface area contributed by atoms with Crippen molar-refractivity contribution in [2.75, 3.05) is 59.3 Å². The molecule has 35 atom stereocenters. The molecule has 0 aromatic heterocycles. The summed E-state index contributed by atoms with van der Waals surface area (Å²) in [5, 5.41) is 228. The van der Waals surface area contributed by atoms with Gasteiger partial charge in [0.15, 0.2) is 44.0 Å². The summed E-state index contributed by atoms with van der Waals surface area (Å²) in [7, 11) is 0. The number of aliphatic hydroxyl groups excluding tert-OH is 20. The van der Waals surface area contributed by atoms with Crippen LogP contribution in [0.1, 0.15) is 6.92 Å². The fourth-order valence-corrected chi connectivity index (χ4v) is 11.0. The number of hydrogen-bond donors (Lipinski definition) is 22. The summed E-state index contributed by atoms with van der Waals surface area (Å²) in [6, 6.07) is 0. The lowest BCUT2D eigenvalue weighted by Gasteiger charge is -2.50. The maximum absolute atomic E-state index is 11.7. The van der Waals surface area contributed by atoms with E-state index in [0.717, 1.165) is 0 Å². The molecule has 21 aliphatic rings. The molecule has 21 heterocycles. The van der Waals surface area contributed by atoms with E-state index in [0.29, 0.717) is 0 Å². The van der Waals surface area contributed by atoms with Gasteiger partial charge in [-0.25, -0.2) is 0 Å². The quantitative estimate of drug-likeness (QED) is 0.0854. The number of carbonyl (C=O) groups is 1. The number of ether oxygens (including phenoxy) is 14. The summed E-state index contributed by atoms with van der Waals surface area (Å²) < 4.78 is 80.9. The Morgan fingerprint density at radius 3 is 0.639 bits per heavy atom. The maximum atomic E-state index is 11.7. The first-order valence-electron chi connectivity index (χ1n) is 26.8. The van der Waals surface area contributed by atoms with Gasteiger partial charge in [0.25, 0.3) is 0 Å². The van der Waals surface area contributed by atoms with Crippen LogP contribution < -0.4 is 10.6 Å². The van der Waals surface area contributed by atoms with Crippen LogP contribution >= 0.6 is 0 Å². The number of nitrogens with one attached hydrogen (secondary N) is 2. The molecule has 0 saturated carbocycles. The first kappa shape index (κ1) is 67.0. The average Bonchev–Trinajstić information content (AvgIpc) is 3.18. The molecule has 21 rings (SSSR count). The van der Waals surface area contributed by atoms with Gasteiger partial charge < -0.3 is 179 Å². The molecule has 0 aromatic rings. The van der Waals surface area contributed by atoms with Crippen LogP contribution in [0.4, 0.5) is 0 Å². The third-order valence-electron chi connectivity index (χ3n) is 15.6. The zero-order chi connectivity index (χ0) is 60.5. The van der Waals surface area contributed by atoms with Crippen LogP contribution in [-0.2, 0) is 71.1 Å². The molecule has 482 valence electrons. The predicted octanol–water partition coefficient (Wildman–Crippen LogP) is -15.5. The monoisotopic (exact) mass is 1220 g/mol. The van der Waals surface area contributed by atoms with Gasteiger partial charge in [0.05, 0.1) is 39.6 Å². The van der Waals surface area contributed by atoms with Gasteiger partial charge in [0.1, 0.15) is 171 Å². The van der Waals surface area contributed by atoms with Crippen LogP contribution in [0.2, 0.25) is 0 Å². The third-order valence-corrected chi connectivity index (χ3v) is 15.6. The predicted molar refractivity (Wildman–Crippen MR) is 253 cm³/mol. The molecule has 21 fully saturated rings. The summed E-state index contributed by atoms with van der Waals surface area (Å²) in [6.45, 7) is -5.27. The molecule has 0 unspecified atom stereocenters. The number of rotatable bonds is 11. The van der Waals surface area contributed by atoms with E-state index in [1.807, 2.05) is 0 Å². The second kappa shape index (κ2) is 29.1. The van der Waals surface area contributed by atoms with Crippen molar-refractivity contribution >= 4 is 5.91 Å². The molecule has 0 aliphatic carbocycles. The maximum Gasteiger partial charge on any atom is 0.216 e. The van der Waals surface area contributed by atoms with E-state index in [4.69, 9.17) is 66.3 Å². The lowest BCUT2D eigenvalue weighted by Crippen LogP contribution is -2.68. The Hall–Kier alpha value is -1.93. The average molecular weight is 1220 g/mol. The summed E-state index contributed by atoms with van der Waals surface area (Å²) >= 11 is 0. The Balaban J connectivity index is 1.09. The molecule has 83 heavy (non-hydrogen) atoms. The molecule has 0 aromatic carbocycles. The van der Waals surface area contributed by atoms with Gasteiger partial charge in [-0.2, -0.15) is 0 Å². The van der Waals surface area contributed by atoms with Crippen molar-refractivity contribution in [2.24, 2.45) is 0 Å². The summed E-state index contributed by atoms with van der Waals surface area (Å²) in [6.07, 6.45) is -69.9. The van der Waals surface area contributed by atoms with E-state index in [9.17, 15) is 107 Å². The highest BCUT2D eigenvalue weighted by Crippen LogP contribution is 2.39. The van der Waals surface area contributed by atoms with Crippen LogP contribution in [0, 0.1) is 0 Å². The number of hydrogen-bond acceptors (Lipinski definition) is 36. The zero-order valence-corrected chi connectivity index (χ0v) is 44.1. The summed E-state index contributed by atoms with van der Waals surface area (Å²) in [4.78, 5) is 11.5. The fourth-order valence-electron chi connectivity index (χ4n) is 11.0. The van der Waals surface area contributed by atoms with Crippen LogP contribution in [0.25, 0.3) is 0 Å². The lowest BCUT2D eigenvalue weighted by molar-refractivity contribution is -0.396. The Bertz CT molecular complexity index is 2000. The second-order valence-corrected chi connectivity index (χ2v) is 21.2. The van der Waals surface area contributed by atoms with Crippen molar-refractivity contribution in [3.05, 3.63) is 0 Å². The molecule has 0 radical (unpaired) electrons. The molecule has 37 heteroatoms. The van der Waals surface area contributed by atoms with Gasteiger partial charge in [-0.05, 0) is 0 Å². The van der Waals surface area contributed by atoms with E-state index in [2.05, 4.69) is 10.6 Å². The van der Waals surface area contributed by atoms with E-state index in [1.54, 1.807) is 0 Å².